The molecule has 0 aliphatic heterocycles. The van der Waals surface area contributed by atoms with E-state index in [2.05, 4.69) is 13.8 Å². The highest BCUT2D eigenvalue weighted by Gasteiger charge is 2.13. The first kappa shape index (κ1) is 13.4. The van der Waals surface area contributed by atoms with E-state index in [4.69, 9.17) is 5.11 Å². The standard InChI is InChI=1S/C11H23NO2/c1-4-7-10(2)12(3)11(14)8-5-6-9-13/h10,13H,4-9H2,1-3H3. The minimum Gasteiger partial charge on any atom is -0.396 e. The molecule has 0 heterocycles. The highest BCUT2D eigenvalue weighted by Crippen LogP contribution is 2.07. The zero-order chi connectivity index (χ0) is 11.0. The normalized spacial score (nSPS) is 12.6. The maximum absolute atomic E-state index is 11.6. The second kappa shape index (κ2) is 7.80. The van der Waals surface area contributed by atoms with Gasteiger partial charge in [0.1, 0.15) is 0 Å². The minimum atomic E-state index is 0.182. The first-order valence-corrected chi connectivity index (χ1v) is 5.50. The Kier molecular flexibility index (Phi) is 7.48. The molecule has 0 rings (SSSR count). The second-order valence-electron chi connectivity index (χ2n) is 3.82. The highest BCUT2D eigenvalue weighted by molar-refractivity contribution is 5.76. The third-order valence-corrected chi connectivity index (χ3v) is 2.56. The molecule has 1 amide bonds. The van der Waals surface area contributed by atoms with Gasteiger partial charge in [-0.2, -0.15) is 0 Å². The summed E-state index contributed by atoms with van der Waals surface area (Å²) in [7, 11) is 1.86. The lowest BCUT2D eigenvalue weighted by Gasteiger charge is -2.24. The summed E-state index contributed by atoms with van der Waals surface area (Å²) in [5.41, 5.74) is 0. The van der Waals surface area contributed by atoms with Crippen molar-refractivity contribution in [3.8, 4) is 0 Å². The Bertz CT molecular complexity index is 159. The molecule has 0 saturated heterocycles. The largest absolute Gasteiger partial charge is 0.396 e. The van der Waals surface area contributed by atoms with Crippen molar-refractivity contribution in [2.24, 2.45) is 0 Å². The van der Waals surface area contributed by atoms with Crippen molar-refractivity contribution in [3.05, 3.63) is 0 Å². The molecule has 0 spiro atoms. The number of amides is 1. The van der Waals surface area contributed by atoms with Crippen LogP contribution >= 0.6 is 0 Å². The van der Waals surface area contributed by atoms with Crippen molar-refractivity contribution in [1.29, 1.82) is 0 Å². The Balaban J connectivity index is 3.74. The van der Waals surface area contributed by atoms with Gasteiger partial charge in [-0.05, 0) is 26.2 Å². The summed E-state index contributed by atoms with van der Waals surface area (Å²) in [6.07, 6.45) is 4.24. The van der Waals surface area contributed by atoms with Crippen LogP contribution in [0, 0.1) is 0 Å². The molecule has 0 fully saturated rings. The van der Waals surface area contributed by atoms with Crippen LogP contribution in [0.5, 0.6) is 0 Å². The van der Waals surface area contributed by atoms with Gasteiger partial charge in [-0.15, -0.1) is 0 Å². The first-order valence-electron chi connectivity index (χ1n) is 5.50. The van der Waals surface area contributed by atoms with Gasteiger partial charge in [-0.1, -0.05) is 13.3 Å². The van der Waals surface area contributed by atoms with Gasteiger partial charge in [-0.3, -0.25) is 4.79 Å². The number of carbonyl (C=O) groups is 1. The quantitative estimate of drug-likeness (QED) is 0.638. The summed E-state index contributed by atoms with van der Waals surface area (Å²) in [5, 5.41) is 8.59. The van der Waals surface area contributed by atoms with Gasteiger partial charge in [0.05, 0.1) is 0 Å². The molecular weight excluding hydrogens is 178 g/mol. The van der Waals surface area contributed by atoms with E-state index in [-0.39, 0.29) is 12.5 Å². The van der Waals surface area contributed by atoms with Gasteiger partial charge >= 0.3 is 0 Å². The summed E-state index contributed by atoms with van der Waals surface area (Å²) >= 11 is 0. The van der Waals surface area contributed by atoms with Gasteiger partial charge in [-0.25, -0.2) is 0 Å². The topological polar surface area (TPSA) is 40.5 Å². The molecule has 14 heavy (non-hydrogen) atoms. The van der Waals surface area contributed by atoms with Crippen LogP contribution in [0.1, 0.15) is 46.0 Å². The number of hydrogen-bond acceptors (Lipinski definition) is 2. The van der Waals surface area contributed by atoms with Crippen LogP contribution in [0.4, 0.5) is 0 Å². The van der Waals surface area contributed by atoms with Gasteiger partial charge in [0.15, 0.2) is 0 Å². The molecule has 0 bridgehead atoms. The number of carbonyl (C=O) groups excluding carboxylic acids is 1. The molecule has 0 aromatic rings. The Morgan fingerprint density at radius 2 is 2.07 bits per heavy atom. The first-order chi connectivity index (χ1) is 6.63. The van der Waals surface area contributed by atoms with Crippen LogP contribution < -0.4 is 0 Å². The molecule has 1 unspecified atom stereocenters. The van der Waals surface area contributed by atoms with Crippen molar-refractivity contribution >= 4 is 5.91 Å². The second-order valence-corrected chi connectivity index (χ2v) is 3.82. The summed E-state index contributed by atoms with van der Waals surface area (Å²) in [4.78, 5) is 13.4. The number of hydrogen-bond donors (Lipinski definition) is 1. The number of unbranched alkanes of at least 4 members (excludes halogenated alkanes) is 1. The SMILES string of the molecule is CCCC(C)N(C)C(=O)CCCCO. The van der Waals surface area contributed by atoms with Gasteiger partial charge in [0, 0.05) is 26.1 Å². The van der Waals surface area contributed by atoms with E-state index in [0.717, 1.165) is 25.7 Å². The molecule has 0 radical (unpaired) electrons. The van der Waals surface area contributed by atoms with Gasteiger partial charge < -0.3 is 10.0 Å². The highest BCUT2D eigenvalue weighted by atomic mass is 16.3. The molecule has 3 nitrogen and oxygen atoms in total. The Morgan fingerprint density at radius 1 is 1.43 bits per heavy atom. The number of aliphatic hydroxyl groups excluding tert-OH is 1. The average Bonchev–Trinajstić information content (AvgIpc) is 2.17. The van der Waals surface area contributed by atoms with E-state index in [1.165, 1.54) is 0 Å². The van der Waals surface area contributed by atoms with Crippen molar-refractivity contribution in [3.63, 3.8) is 0 Å². The van der Waals surface area contributed by atoms with Crippen molar-refractivity contribution in [1.82, 2.24) is 4.90 Å². The monoisotopic (exact) mass is 201 g/mol. The van der Waals surface area contributed by atoms with Crippen LogP contribution in [0.15, 0.2) is 0 Å². The van der Waals surface area contributed by atoms with Crippen LogP contribution in [0.2, 0.25) is 0 Å². The lowest BCUT2D eigenvalue weighted by molar-refractivity contribution is -0.131. The zero-order valence-corrected chi connectivity index (χ0v) is 9.62. The maximum Gasteiger partial charge on any atom is 0.222 e. The number of aliphatic hydroxyl groups is 1. The van der Waals surface area contributed by atoms with Crippen LogP contribution in [0.3, 0.4) is 0 Å². The number of rotatable bonds is 7. The van der Waals surface area contributed by atoms with E-state index in [9.17, 15) is 4.79 Å². The third kappa shape index (κ3) is 5.22. The molecule has 3 heteroatoms. The van der Waals surface area contributed by atoms with E-state index in [0.29, 0.717) is 12.5 Å². The molecule has 0 aromatic heterocycles. The van der Waals surface area contributed by atoms with Crippen molar-refractivity contribution in [2.45, 2.75) is 52.0 Å². The summed E-state index contributed by atoms with van der Waals surface area (Å²) < 4.78 is 0. The number of nitrogens with zero attached hydrogens (tertiary/aromatic N) is 1. The van der Waals surface area contributed by atoms with Gasteiger partial charge in [0.25, 0.3) is 0 Å². The predicted molar refractivity (Wildman–Crippen MR) is 58.1 cm³/mol. The molecule has 0 aliphatic rings. The smallest absolute Gasteiger partial charge is 0.222 e. The lowest BCUT2D eigenvalue weighted by atomic mass is 10.1. The van der Waals surface area contributed by atoms with Crippen LogP contribution in [-0.4, -0.2) is 35.6 Å². The summed E-state index contributed by atoms with van der Waals surface area (Å²) in [6.45, 7) is 4.38. The fourth-order valence-electron chi connectivity index (χ4n) is 1.42. The summed E-state index contributed by atoms with van der Waals surface area (Å²) in [6, 6.07) is 0.335. The molecule has 84 valence electrons. The molecular formula is C11H23NO2. The molecule has 1 atom stereocenters. The fraction of sp³-hybridized carbons (Fsp3) is 0.909. The van der Waals surface area contributed by atoms with Crippen molar-refractivity contribution in [2.75, 3.05) is 13.7 Å². The Morgan fingerprint density at radius 3 is 2.57 bits per heavy atom. The average molecular weight is 201 g/mol. The van der Waals surface area contributed by atoms with E-state index in [1.807, 2.05) is 11.9 Å². The molecule has 0 aromatic carbocycles. The lowest BCUT2D eigenvalue weighted by Crippen LogP contribution is -2.34. The van der Waals surface area contributed by atoms with Crippen LogP contribution in [0.25, 0.3) is 0 Å². The molecule has 0 aliphatic carbocycles. The molecule has 1 N–H and O–H groups in total. The van der Waals surface area contributed by atoms with Gasteiger partial charge in [0.2, 0.25) is 5.91 Å². The Labute approximate surface area is 87.1 Å². The zero-order valence-electron chi connectivity index (χ0n) is 9.62. The fourth-order valence-corrected chi connectivity index (χ4v) is 1.42. The Hall–Kier alpha value is -0.570. The minimum absolute atomic E-state index is 0.182. The van der Waals surface area contributed by atoms with E-state index >= 15 is 0 Å². The van der Waals surface area contributed by atoms with E-state index < -0.39 is 0 Å². The van der Waals surface area contributed by atoms with Crippen molar-refractivity contribution < 1.29 is 9.90 Å². The predicted octanol–water partition coefficient (Wildman–Crippen LogP) is 1.80. The summed E-state index contributed by atoms with van der Waals surface area (Å²) in [5.74, 6) is 0.194. The van der Waals surface area contributed by atoms with E-state index in [1.54, 1.807) is 0 Å². The third-order valence-electron chi connectivity index (χ3n) is 2.56. The molecule has 0 saturated carbocycles. The van der Waals surface area contributed by atoms with Crippen LogP contribution in [-0.2, 0) is 4.79 Å². The maximum atomic E-state index is 11.6.